The van der Waals surface area contributed by atoms with Gasteiger partial charge in [-0.3, -0.25) is 0 Å². The van der Waals surface area contributed by atoms with Crippen LogP contribution in [0.4, 0.5) is 0 Å². The van der Waals surface area contributed by atoms with Gasteiger partial charge in [0.2, 0.25) is 0 Å². The molecule has 0 amide bonds. The third-order valence-corrected chi connectivity index (χ3v) is 0. The number of hydrogen-bond donors (Lipinski definition) is 1. The van der Waals surface area contributed by atoms with E-state index in [2.05, 4.69) is 0 Å². The highest BCUT2D eigenvalue weighted by molar-refractivity contribution is 8.93. The Morgan fingerprint density at radius 3 is 1.75 bits per heavy atom. The van der Waals surface area contributed by atoms with E-state index in [1.165, 1.54) is 0 Å². The van der Waals surface area contributed by atoms with Gasteiger partial charge < -0.3 is 0 Å². The van der Waals surface area contributed by atoms with Crippen LogP contribution in [0.15, 0.2) is 0 Å². The lowest BCUT2D eigenvalue weighted by atomic mass is 14.8. The monoisotopic (exact) mass is 129 g/mol. The smallest absolute Gasteiger partial charge is 0.114 e. The fourth-order valence-electron chi connectivity index (χ4n) is 0. The van der Waals surface area contributed by atoms with Crippen LogP contribution in [0, 0.1) is 9.71 Å². The third-order valence-electron chi connectivity index (χ3n) is 0. The molecule has 0 unspecified atom stereocenters. The molecule has 4 heteroatoms. The lowest BCUT2D eigenvalue weighted by Gasteiger charge is -1.05. The van der Waals surface area contributed by atoms with Crippen LogP contribution in [0.5, 0.6) is 0 Å². The molecular weight excluding hydrogens is 128 g/mol. The second-order valence-electron chi connectivity index (χ2n) is 0.0745. The summed E-state index contributed by atoms with van der Waals surface area (Å²) in [5.41, 5.74) is 0. The van der Waals surface area contributed by atoms with Crippen LogP contribution in [-0.4, -0.2) is 5.26 Å². The first-order valence-electron chi connectivity index (χ1n) is 0.349. The Morgan fingerprint density at radius 1 is 1.75 bits per heavy atom. The van der Waals surface area contributed by atoms with Gasteiger partial charge in [0.05, 0.1) is 0 Å². The Kier molecular flexibility index (Phi) is 29.9. The average Bonchev–Trinajstić information content (AvgIpc) is 0.918. The molecule has 0 spiro atoms. The fraction of sp³-hybridized carbons (Fsp3) is 0. The molecule has 0 bridgehead atoms. The van der Waals surface area contributed by atoms with E-state index in [1.807, 2.05) is 4.75 Å². The summed E-state index contributed by atoms with van der Waals surface area (Å²) in [6.07, 6.45) is 0. The van der Waals surface area contributed by atoms with E-state index >= 15 is 0 Å². The molecule has 1 N–H and O–H groups in total. The average molecular weight is 130 g/mol. The first-order valence-corrected chi connectivity index (χ1v) is 0.349. The van der Waals surface area contributed by atoms with Gasteiger partial charge >= 0.3 is 4.75 Å². The molecule has 0 radical (unpaired) electrons. The summed E-state index contributed by atoms with van der Waals surface area (Å²) in [7, 11) is 0. The Bertz CT molecular complexity index is 10.8. The van der Waals surface area contributed by atoms with Crippen molar-refractivity contribution in [3.05, 3.63) is 9.71 Å². The van der Waals surface area contributed by atoms with Crippen LogP contribution in [-0.2, 0) is 0 Å². The zero-order valence-corrected chi connectivity index (χ0v) is 3.39. The summed E-state index contributed by atoms with van der Waals surface area (Å²) in [6.45, 7) is 0. The predicted octanol–water partition coefficient (Wildman–Crippen LogP) is 0.654. The maximum Gasteiger partial charge on any atom is 0.374 e. The van der Waals surface area contributed by atoms with E-state index in [1.54, 1.807) is 0 Å². The number of hydrogen-bond acceptors (Lipinski definition) is 1. The molecule has 0 aliphatic carbocycles. The van der Waals surface area contributed by atoms with Crippen molar-refractivity contribution in [3.63, 3.8) is 0 Å². The minimum Gasteiger partial charge on any atom is -0.114 e. The minimum atomic E-state index is 0. The first-order chi connectivity index (χ1) is 1.41. The van der Waals surface area contributed by atoms with Crippen molar-refractivity contribution < 1.29 is 5.26 Å². The molecule has 0 aromatic carbocycles. The van der Waals surface area contributed by atoms with Crippen LogP contribution >= 0.6 is 17.0 Å². The first kappa shape index (κ1) is 9.11. The molecule has 0 saturated carbocycles. The number of rotatable bonds is 0. The van der Waals surface area contributed by atoms with Crippen molar-refractivity contribution in [2.75, 3.05) is 0 Å². The number of halogens is 1. The van der Waals surface area contributed by atoms with Crippen LogP contribution in [0.2, 0.25) is 0 Å². The van der Waals surface area contributed by atoms with Crippen molar-refractivity contribution in [2.24, 2.45) is 0 Å². The van der Waals surface area contributed by atoms with E-state index in [9.17, 15) is 0 Å². The Labute approximate surface area is 32.9 Å². The van der Waals surface area contributed by atoms with Gasteiger partial charge in [-0.2, -0.15) is 0 Å². The molecule has 0 rings (SSSR count). The van der Waals surface area contributed by atoms with Gasteiger partial charge in [-0.05, 0) is 0 Å². The molecule has 4 heavy (non-hydrogen) atoms. The second-order valence-corrected chi connectivity index (χ2v) is 0.0745. The summed E-state index contributed by atoms with van der Waals surface area (Å²) in [6, 6.07) is 0. The molecular formula is H2BrO3+. The molecule has 0 heterocycles. The molecule has 0 saturated heterocycles. The van der Waals surface area contributed by atoms with E-state index in [-0.39, 0.29) is 17.0 Å². The topological polar surface area (TPSA) is 48.6 Å². The molecule has 0 fully saturated rings. The van der Waals surface area contributed by atoms with Crippen molar-refractivity contribution in [2.45, 2.75) is 0 Å². The lowest BCUT2D eigenvalue weighted by molar-refractivity contribution is 0.459. The maximum atomic E-state index is 7.99. The zero-order chi connectivity index (χ0) is 2.71. The molecule has 0 aliphatic heterocycles. The molecule has 0 aromatic heterocycles. The largest absolute Gasteiger partial charge is 0.374 e. The Hall–Kier alpha value is -0.120. The Morgan fingerprint density at radius 2 is 1.75 bits per heavy atom. The van der Waals surface area contributed by atoms with Crippen LogP contribution in [0.3, 0.4) is 0 Å². The molecule has 0 aromatic rings. The summed E-state index contributed by atoms with van der Waals surface area (Å²) in [5, 5.41) is 6.51. The fourth-order valence-corrected chi connectivity index (χ4v) is 0. The SMILES string of the molecule is Br.O=[O+]O. The predicted molar refractivity (Wildman–Crippen MR) is 19.7 cm³/mol. The highest BCUT2D eigenvalue weighted by Gasteiger charge is 1.45. The van der Waals surface area contributed by atoms with E-state index in [0.717, 1.165) is 0 Å². The van der Waals surface area contributed by atoms with Crippen LogP contribution < -0.4 is 0 Å². The minimum absolute atomic E-state index is 0. The van der Waals surface area contributed by atoms with Crippen LogP contribution in [0.25, 0.3) is 0 Å². The van der Waals surface area contributed by atoms with Crippen molar-refractivity contribution in [3.8, 4) is 0 Å². The quantitative estimate of drug-likeness (QED) is 0.297. The van der Waals surface area contributed by atoms with Gasteiger partial charge in [0, 0.05) is 0 Å². The molecule has 0 atom stereocenters. The van der Waals surface area contributed by atoms with Crippen molar-refractivity contribution in [1.29, 1.82) is 0 Å². The Balaban J connectivity index is 0. The van der Waals surface area contributed by atoms with Gasteiger partial charge in [0.15, 0.2) is 0 Å². The summed E-state index contributed by atoms with van der Waals surface area (Å²) < 4.78 is 2.00. The van der Waals surface area contributed by atoms with Crippen LogP contribution in [0.1, 0.15) is 0 Å². The van der Waals surface area contributed by atoms with E-state index < -0.39 is 0 Å². The maximum absolute atomic E-state index is 7.99. The molecule has 0 aliphatic rings. The van der Waals surface area contributed by atoms with Gasteiger partial charge in [0.25, 0.3) is 4.96 Å². The van der Waals surface area contributed by atoms with Crippen molar-refractivity contribution >= 4 is 17.0 Å². The molecule has 3 nitrogen and oxygen atoms in total. The van der Waals surface area contributed by atoms with Crippen molar-refractivity contribution in [1.82, 2.24) is 0 Å². The highest BCUT2D eigenvalue weighted by Crippen LogP contribution is 1.16. The summed E-state index contributed by atoms with van der Waals surface area (Å²) >= 11 is 0. The van der Waals surface area contributed by atoms with E-state index in [0.29, 0.717) is 0 Å². The second kappa shape index (κ2) is 13.1. The molecule has 26 valence electrons. The summed E-state index contributed by atoms with van der Waals surface area (Å²) in [4.78, 5) is 7.99. The van der Waals surface area contributed by atoms with Gasteiger partial charge in [-0.1, -0.05) is 5.26 Å². The van der Waals surface area contributed by atoms with Gasteiger partial charge in [-0.25, -0.2) is 0 Å². The highest BCUT2D eigenvalue weighted by atomic mass is 79.9. The van der Waals surface area contributed by atoms with Gasteiger partial charge in [0.1, 0.15) is 0 Å². The third kappa shape index (κ3) is 101. The standard InChI is InChI=1S/BrH.HO3/c;1-3-2/h1H;1H/q;+1. The lowest BCUT2D eigenvalue weighted by Crippen LogP contribution is -1.31. The zero-order valence-electron chi connectivity index (χ0n) is 1.67. The van der Waals surface area contributed by atoms with E-state index in [4.69, 9.17) is 10.2 Å². The normalized spacial score (nSPS) is 3.00. The van der Waals surface area contributed by atoms with Gasteiger partial charge in [-0.15, -0.1) is 17.0 Å². The summed E-state index contributed by atoms with van der Waals surface area (Å²) in [5.74, 6) is 0.